The lowest BCUT2D eigenvalue weighted by molar-refractivity contribution is 0.178. The van der Waals surface area contributed by atoms with E-state index in [4.69, 9.17) is 11.6 Å². The van der Waals surface area contributed by atoms with Crippen molar-refractivity contribution in [1.82, 2.24) is 0 Å². The quantitative estimate of drug-likeness (QED) is 0.938. The molecule has 2 aromatic carbocycles. The van der Waals surface area contributed by atoms with Gasteiger partial charge in [-0.25, -0.2) is 12.8 Å². The zero-order valence-electron chi connectivity index (χ0n) is 11.3. The van der Waals surface area contributed by atoms with E-state index in [1.54, 1.807) is 0 Å². The number of hydrogen-bond acceptors (Lipinski definition) is 3. The van der Waals surface area contributed by atoms with E-state index in [9.17, 15) is 17.9 Å². The van der Waals surface area contributed by atoms with E-state index >= 15 is 0 Å². The molecule has 0 heterocycles. The molecule has 0 aliphatic heterocycles. The molecule has 0 saturated carbocycles. The van der Waals surface area contributed by atoms with Gasteiger partial charge >= 0.3 is 0 Å². The van der Waals surface area contributed by atoms with E-state index in [-0.39, 0.29) is 11.3 Å². The van der Waals surface area contributed by atoms with Crippen LogP contribution in [-0.4, -0.2) is 19.8 Å². The molecule has 0 bridgehead atoms. The first kappa shape index (κ1) is 15.9. The highest BCUT2D eigenvalue weighted by molar-refractivity contribution is 7.90. The molecule has 2 aromatic rings. The molecule has 0 aliphatic carbocycles. The van der Waals surface area contributed by atoms with Crippen LogP contribution in [0.4, 0.5) is 4.39 Å². The Balaban J connectivity index is 2.20. The van der Waals surface area contributed by atoms with Crippen molar-refractivity contribution in [3.8, 4) is 0 Å². The van der Waals surface area contributed by atoms with Crippen molar-refractivity contribution < 1.29 is 17.9 Å². The number of aliphatic hydroxyl groups is 1. The minimum absolute atomic E-state index is 0.148. The highest BCUT2D eigenvalue weighted by atomic mass is 35.5. The van der Waals surface area contributed by atoms with Crippen LogP contribution >= 0.6 is 11.6 Å². The average Bonchev–Trinajstić information content (AvgIpc) is 2.42. The van der Waals surface area contributed by atoms with Crippen LogP contribution in [-0.2, 0) is 16.3 Å². The third kappa shape index (κ3) is 4.03. The second kappa shape index (κ2) is 6.13. The first-order valence-electron chi connectivity index (χ1n) is 6.19. The van der Waals surface area contributed by atoms with Crippen LogP contribution in [0.1, 0.15) is 17.2 Å². The summed E-state index contributed by atoms with van der Waals surface area (Å²) in [7, 11) is -3.27. The maximum Gasteiger partial charge on any atom is 0.175 e. The largest absolute Gasteiger partial charge is 0.388 e. The molecule has 0 amide bonds. The van der Waals surface area contributed by atoms with Crippen molar-refractivity contribution in [3.63, 3.8) is 0 Å². The maximum atomic E-state index is 13.2. The van der Waals surface area contributed by atoms with Gasteiger partial charge in [0.15, 0.2) is 9.84 Å². The Hall–Kier alpha value is -1.43. The summed E-state index contributed by atoms with van der Waals surface area (Å²) in [5.74, 6) is -0.422. The summed E-state index contributed by atoms with van der Waals surface area (Å²) in [6.45, 7) is 0. The molecule has 2 rings (SSSR count). The highest BCUT2D eigenvalue weighted by Gasteiger charge is 2.13. The first-order chi connectivity index (χ1) is 9.77. The van der Waals surface area contributed by atoms with E-state index in [1.807, 2.05) is 0 Å². The van der Waals surface area contributed by atoms with E-state index in [0.29, 0.717) is 16.1 Å². The van der Waals surface area contributed by atoms with Crippen molar-refractivity contribution >= 4 is 21.4 Å². The molecular weight excluding hydrogens is 315 g/mol. The van der Waals surface area contributed by atoms with Crippen molar-refractivity contribution in [2.24, 2.45) is 0 Å². The maximum absolute atomic E-state index is 13.2. The fourth-order valence-electron chi connectivity index (χ4n) is 1.96. The lowest BCUT2D eigenvalue weighted by atomic mass is 10.0. The zero-order chi connectivity index (χ0) is 15.6. The molecule has 1 N–H and O–H groups in total. The minimum atomic E-state index is -3.27. The van der Waals surface area contributed by atoms with Gasteiger partial charge in [-0.05, 0) is 41.5 Å². The van der Waals surface area contributed by atoms with Crippen LogP contribution < -0.4 is 0 Å². The molecule has 6 heteroatoms. The summed E-state index contributed by atoms with van der Waals surface area (Å²) in [4.78, 5) is 0.183. The van der Waals surface area contributed by atoms with Gasteiger partial charge in [0, 0.05) is 17.7 Å². The SMILES string of the molecule is CS(=O)(=O)c1ccc(C(O)Cc2cc(F)ccc2Cl)cc1. The topological polar surface area (TPSA) is 54.4 Å². The van der Waals surface area contributed by atoms with Crippen LogP contribution in [0.15, 0.2) is 47.4 Å². The molecule has 0 radical (unpaired) electrons. The molecule has 0 aliphatic rings. The second-order valence-electron chi connectivity index (χ2n) is 4.80. The molecule has 0 aromatic heterocycles. The molecule has 0 saturated heterocycles. The van der Waals surface area contributed by atoms with E-state index < -0.39 is 21.8 Å². The molecule has 0 spiro atoms. The van der Waals surface area contributed by atoms with Gasteiger partial charge in [-0.15, -0.1) is 0 Å². The van der Waals surface area contributed by atoms with E-state index in [0.717, 1.165) is 6.26 Å². The Bertz CT molecular complexity index is 742. The van der Waals surface area contributed by atoms with Gasteiger partial charge in [-0.2, -0.15) is 0 Å². The van der Waals surface area contributed by atoms with Crippen LogP contribution in [0.2, 0.25) is 5.02 Å². The Morgan fingerprint density at radius 3 is 2.38 bits per heavy atom. The number of rotatable bonds is 4. The molecule has 0 fully saturated rings. The first-order valence-corrected chi connectivity index (χ1v) is 8.46. The molecule has 3 nitrogen and oxygen atoms in total. The van der Waals surface area contributed by atoms with Gasteiger partial charge in [0.25, 0.3) is 0 Å². The molecule has 1 unspecified atom stereocenters. The smallest absolute Gasteiger partial charge is 0.175 e. The summed E-state index contributed by atoms with van der Waals surface area (Å²) in [5.41, 5.74) is 1.04. The van der Waals surface area contributed by atoms with Gasteiger partial charge in [0.05, 0.1) is 11.0 Å². The van der Waals surface area contributed by atoms with Gasteiger partial charge in [0.2, 0.25) is 0 Å². The standard InChI is InChI=1S/C15H14ClFO3S/c1-21(19,20)13-5-2-10(3-6-13)15(18)9-11-8-12(17)4-7-14(11)16/h2-8,15,18H,9H2,1H3. The van der Waals surface area contributed by atoms with Crippen LogP contribution in [0, 0.1) is 5.82 Å². The minimum Gasteiger partial charge on any atom is -0.388 e. The Kier molecular flexibility index (Phi) is 4.66. The van der Waals surface area contributed by atoms with Crippen molar-refractivity contribution in [3.05, 3.63) is 64.4 Å². The normalized spacial score (nSPS) is 13.1. The third-order valence-electron chi connectivity index (χ3n) is 3.11. The Labute approximate surface area is 127 Å². The van der Waals surface area contributed by atoms with Gasteiger partial charge in [-0.3, -0.25) is 0 Å². The molecule has 21 heavy (non-hydrogen) atoms. The number of halogens is 2. The average molecular weight is 329 g/mol. The molecule has 1 atom stereocenters. The lowest BCUT2D eigenvalue weighted by Crippen LogP contribution is -2.04. The monoisotopic (exact) mass is 328 g/mol. The van der Waals surface area contributed by atoms with Gasteiger partial charge in [-0.1, -0.05) is 23.7 Å². The summed E-state index contributed by atoms with van der Waals surface area (Å²) < 4.78 is 35.9. The summed E-state index contributed by atoms with van der Waals surface area (Å²) in [6, 6.07) is 9.89. The molecular formula is C15H14ClFO3S. The fraction of sp³-hybridized carbons (Fsp3) is 0.200. The Morgan fingerprint density at radius 2 is 1.81 bits per heavy atom. The number of benzene rings is 2. The highest BCUT2D eigenvalue weighted by Crippen LogP contribution is 2.25. The summed E-state index contributed by atoms with van der Waals surface area (Å²) in [5, 5.41) is 10.5. The summed E-state index contributed by atoms with van der Waals surface area (Å²) >= 11 is 5.96. The van der Waals surface area contributed by atoms with Crippen molar-refractivity contribution in [2.45, 2.75) is 17.4 Å². The van der Waals surface area contributed by atoms with Crippen LogP contribution in [0.3, 0.4) is 0 Å². The van der Waals surface area contributed by atoms with Crippen LogP contribution in [0.25, 0.3) is 0 Å². The summed E-state index contributed by atoms with van der Waals surface area (Å²) in [6.07, 6.45) is 0.373. The van der Waals surface area contributed by atoms with E-state index in [1.165, 1.54) is 42.5 Å². The van der Waals surface area contributed by atoms with Gasteiger partial charge in [0.1, 0.15) is 5.82 Å². The van der Waals surface area contributed by atoms with Crippen LogP contribution in [0.5, 0.6) is 0 Å². The third-order valence-corrected chi connectivity index (χ3v) is 4.61. The number of hydrogen-bond donors (Lipinski definition) is 1. The van der Waals surface area contributed by atoms with Crippen molar-refractivity contribution in [1.29, 1.82) is 0 Å². The fourth-order valence-corrected chi connectivity index (χ4v) is 2.79. The second-order valence-corrected chi connectivity index (χ2v) is 7.22. The predicted octanol–water partition coefficient (Wildman–Crippen LogP) is 3.16. The van der Waals surface area contributed by atoms with E-state index in [2.05, 4.69) is 0 Å². The Morgan fingerprint density at radius 1 is 1.19 bits per heavy atom. The lowest BCUT2D eigenvalue weighted by Gasteiger charge is -2.13. The molecule has 112 valence electrons. The zero-order valence-corrected chi connectivity index (χ0v) is 12.8. The van der Waals surface area contributed by atoms with Gasteiger partial charge < -0.3 is 5.11 Å². The number of sulfone groups is 1. The van der Waals surface area contributed by atoms with Crippen molar-refractivity contribution in [2.75, 3.05) is 6.26 Å². The predicted molar refractivity (Wildman–Crippen MR) is 79.6 cm³/mol. The number of aliphatic hydroxyl groups excluding tert-OH is 1.